The molecule has 0 radical (unpaired) electrons. The summed E-state index contributed by atoms with van der Waals surface area (Å²) in [5, 5.41) is 0. The van der Waals surface area contributed by atoms with Gasteiger partial charge in [-0.15, -0.1) is 0 Å². The Labute approximate surface area is 126 Å². The van der Waals surface area contributed by atoms with Crippen LogP contribution in [0.3, 0.4) is 0 Å². The molecule has 1 aromatic rings. The van der Waals surface area contributed by atoms with Crippen LogP contribution in [0.4, 0.5) is 13.2 Å². The number of halogens is 4. The summed E-state index contributed by atoms with van der Waals surface area (Å²) in [7, 11) is 0. The molecule has 0 heterocycles. The average Bonchev–Trinajstić information content (AvgIpc) is 2.40. The normalized spacial score (nSPS) is 13.8. The number of nitrogens with two attached hydrogens (primary N) is 1. The molecule has 0 aromatic heterocycles. The largest absolute Gasteiger partial charge is 0.416 e. The van der Waals surface area contributed by atoms with E-state index in [-0.39, 0.29) is 5.56 Å². The van der Waals surface area contributed by atoms with Crippen LogP contribution in [0.15, 0.2) is 22.7 Å². The topological polar surface area (TPSA) is 38.0 Å². The van der Waals surface area contributed by atoms with Gasteiger partial charge in [-0.1, -0.05) is 48.7 Å². The number of alkyl halides is 3. The molecule has 1 rings (SSSR count). The van der Waals surface area contributed by atoms with E-state index in [2.05, 4.69) is 21.4 Å². The second-order valence-corrected chi connectivity index (χ2v) is 5.78. The van der Waals surface area contributed by atoms with Gasteiger partial charge >= 0.3 is 6.18 Å². The van der Waals surface area contributed by atoms with E-state index in [1.54, 1.807) is 6.07 Å². The molecule has 114 valence electrons. The Morgan fingerprint density at radius 2 is 1.85 bits per heavy atom. The van der Waals surface area contributed by atoms with Crippen molar-refractivity contribution in [2.75, 3.05) is 0 Å². The van der Waals surface area contributed by atoms with Crippen molar-refractivity contribution in [1.29, 1.82) is 0 Å². The quantitative estimate of drug-likeness (QED) is 0.570. The summed E-state index contributed by atoms with van der Waals surface area (Å²) in [6, 6.07) is 3.71. The van der Waals surface area contributed by atoms with Gasteiger partial charge in [-0.2, -0.15) is 13.2 Å². The Hall–Kier alpha value is -0.590. The number of hydrogen-bond acceptors (Lipinski definition) is 2. The van der Waals surface area contributed by atoms with Gasteiger partial charge in [0.15, 0.2) is 0 Å². The van der Waals surface area contributed by atoms with E-state index < -0.39 is 17.8 Å². The van der Waals surface area contributed by atoms with Crippen molar-refractivity contribution in [3.8, 4) is 0 Å². The van der Waals surface area contributed by atoms with E-state index in [0.29, 0.717) is 16.8 Å². The molecule has 1 aromatic carbocycles. The van der Waals surface area contributed by atoms with Gasteiger partial charge in [0.25, 0.3) is 0 Å². The molecule has 1 unspecified atom stereocenters. The molecule has 1 atom stereocenters. The first kappa shape index (κ1) is 17.5. The monoisotopic (exact) mass is 352 g/mol. The molecule has 0 aliphatic heterocycles. The van der Waals surface area contributed by atoms with Crippen molar-refractivity contribution in [3.05, 3.63) is 33.8 Å². The molecule has 20 heavy (non-hydrogen) atoms. The summed E-state index contributed by atoms with van der Waals surface area (Å²) in [4.78, 5) is 0. The molecule has 0 spiro atoms. The van der Waals surface area contributed by atoms with Gasteiger partial charge in [-0.25, -0.2) is 0 Å². The minimum atomic E-state index is -4.39. The summed E-state index contributed by atoms with van der Waals surface area (Å²) in [6.07, 6.45) is -1.95. The van der Waals surface area contributed by atoms with Crippen LogP contribution < -0.4 is 11.3 Å². The minimum absolute atomic E-state index is 0.204. The van der Waals surface area contributed by atoms with Gasteiger partial charge in [0.05, 0.1) is 5.56 Å². The molecule has 0 aliphatic carbocycles. The SMILES string of the molecule is CCC(CC)CC(NN)c1ccc(Br)cc1C(F)(F)F. The molecule has 6 heteroatoms. The van der Waals surface area contributed by atoms with Crippen LogP contribution in [0.5, 0.6) is 0 Å². The third-order valence-corrected chi connectivity index (χ3v) is 4.11. The number of hydrogen-bond donors (Lipinski definition) is 2. The zero-order valence-electron chi connectivity index (χ0n) is 11.6. The van der Waals surface area contributed by atoms with E-state index in [9.17, 15) is 13.2 Å². The lowest BCUT2D eigenvalue weighted by atomic mass is 9.89. The summed E-state index contributed by atoms with van der Waals surface area (Å²) in [6.45, 7) is 4.07. The van der Waals surface area contributed by atoms with Crippen molar-refractivity contribution in [3.63, 3.8) is 0 Å². The van der Waals surface area contributed by atoms with Gasteiger partial charge in [-0.05, 0) is 30.0 Å². The first-order chi connectivity index (χ1) is 9.33. The number of hydrazine groups is 1. The van der Waals surface area contributed by atoms with E-state index in [1.165, 1.54) is 6.07 Å². The van der Waals surface area contributed by atoms with Crippen LogP contribution in [-0.2, 0) is 6.18 Å². The maximum Gasteiger partial charge on any atom is 0.416 e. The fourth-order valence-corrected chi connectivity index (χ4v) is 2.68. The number of rotatable bonds is 6. The van der Waals surface area contributed by atoms with Crippen molar-refractivity contribution in [1.82, 2.24) is 5.43 Å². The Morgan fingerprint density at radius 1 is 1.25 bits per heavy atom. The van der Waals surface area contributed by atoms with Gasteiger partial charge in [0.1, 0.15) is 0 Å². The molecule has 0 fully saturated rings. The van der Waals surface area contributed by atoms with E-state index >= 15 is 0 Å². The molecular weight excluding hydrogens is 333 g/mol. The Balaban J connectivity index is 3.15. The third kappa shape index (κ3) is 4.46. The van der Waals surface area contributed by atoms with Gasteiger partial charge in [-0.3, -0.25) is 11.3 Å². The highest BCUT2D eigenvalue weighted by Gasteiger charge is 2.35. The van der Waals surface area contributed by atoms with Crippen molar-refractivity contribution in [2.45, 2.75) is 45.3 Å². The average molecular weight is 353 g/mol. The third-order valence-electron chi connectivity index (χ3n) is 3.62. The van der Waals surface area contributed by atoms with E-state index in [0.717, 1.165) is 18.9 Å². The summed E-state index contributed by atoms with van der Waals surface area (Å²) in [5.41, 5.74) is 2.10. The fraction of sp³-hybridized carbons (Fsp3) is 0.571. The molecule has 2 nitrogen and oxygen atoms in total. The van der Waals surface area contributed by atoms with Gasteiger partial charge in [0.2, 0.25) is 0 Å². The molecular formula is C14H20BrF3N2. The van der Waals surface area contributed by atoms with E-state index in [1.807, 2.05) is 13.8 Å². The van der Waals surface area contributed by atoms with Crippen molar-refractivity contribution >= 4 is 15.9 Å². The Kier molecular flexibility index (Phi) is 6.48. The van der Waals surface area contributed by atoms with Crippen LogP contribution >= 0.6 is 15.9 Å². The zero-order valence-corrected chi connectivity index (χ0v) is 13.2. The molecule has 0 saturated heterocycles. The van der Waals surface area contributed by atoms with Crippen LogP contribution in [0.1, 0.15) is 50.3 Å². The molecule has 3 N–H and O–H groups in total. The van der Waals surface area contributed by atoms with Crippen LogP contribution in [0, 0.1) is 5.92 Å². The molecule has 0 bridgehead atoms. The van der Waals surface area contributed by atoms with Gasteiger partial charge in [0, 0.05) is 10.5 Å². The Morgan fingerprint density at radius 3 is 2.30 bits per heavy atom. The predicted octanol–water partition coefficient (Wildman–Crippen LogP) is 4.80. The van der Waals surface area contributed by atoms with Crippen LogP contribution in [0.2, 0.25) is 0 Å². The molecule has 0 aliphatic rings. The maximum absolute atomic E-state index is 13.1. The Bertz CT molecular complexity index is 431. The predicted molar refractivity (Wildman–Crippen MR) is 77.9 cm³/mol. The molecule has 0 saturated carbocycles. The first-order valence-corrected chi connectivity index (χ1v) is 7.45. The highest BCUT2D eigenvalue weighted by Crippen LogP contribution is 2.38. The minimum Gasteiger partial charge on any atom is -0.271 e. The van der Waals surface area contributed by atoms with Crippen LogP contribution in [0.25, 0.3) is 0 Å². The first-order valence-electron chi connectivity index (χ1n) is 6.66. The summed E-state index contributed by atoms with van der Waals surface area (Å²) in [5.74, 6) is 5.83. The van der Waals surface area contributed by atoms with Crippen LogP contribution in [-0.4, -0.2) is 0 Å². The van der Waals surface area contributed by atoms with E-state index in [4.69, 9.17) is 5.84 Å². The smallest absolute Gasteiger partial charge is 0.271 e. The van der Waals surface area contributed by atoms with Crippen molar-refractivity contribution < 1.29 is 13.2 Å². The summed E-state index contributed by atoms with van der Waals surface area (Å²) < 4.78 is 39.8. The second kappa shape index (κ2) is 7.43. The zero-order chi connectivity index (χ0) is 15.3. The lowest BCUT2D eigenvalue weighted by Crippen LogP contribution is -2.31. The highest BCUT2D eigenvalue weighted by molar-refractivity contribution is 9.10. The lowest BCUT2D eigenvalue weighted by molar-refractivity contribution is -0.138. The number of nitrogens with one attached hydrogen (secondary N) is 1. The number of benzene rings is 1. The summed E-state index contributed by atoms with van der Waals surface area (Å²) >= 11 is 3.09. The standard InChI is InChI=1S/C14H20BrF3N2/c1-3-9(4-2)7-13(20-19)11-6-5-10(15)8-12(11)14(16,17)18/h5-6,8-9,13,20H,3-4,7,19H2,1-2H3. The second-order valence-electron chi connectivity index (χ2n) is 4.87. The van der Waals surface area contributed by atoms with Crippen molar-refractivity contribution in [2.24, 2.45) is 11.8 Å². The maximum atomic E-state index is 13.1. The molecule has 0 amide bonds. The van der Waals surface area contributed by atoms with Gasteiger partial charge < -0.3 is 0 Å². The lowest BCUT2D eigenvalue weighted by Gasteiger charge is -2.24. The highest BCUT2D eigenvalue weighted by atomic mass is 79.9. The fourth-order valence-electron chi connectivity index (χ4n) is 2.32.